The highest BCUT2D eigenvalue weighted by Crippen LogP contribution is 2.23. The maximum atomic E-state index is 12.3. The Morgan fingerprint density at radius 2 is 1.57 bits per heavy atom. The standard InChI is InChI=1S/C23H18Cl3NO3/c24-19-6-1-16(2-7-19)14-30-27-12-11-23(28)17-4-9-21(10-5-17)29-15-18-3-8-20(25)13-22(18)26/h1-10,12-13H,11,14-15H2/b27-12+. The minimum Gasteiger partial charge on any atom is -0.489 e. The number of halogens is 3. The Bertz CT molecular complexity index is 1020. The van der Waals surface area contributed by atoms with Crippen LogP contribution in [0.25, 0.3) is 0 Å². The fraction of sp³-hybridized carbons (Fsp3) is 0.130. The Balaban J connectivity index is 1.44. The molecule has 30 heavy (non-hydrogen) atoms. The SMILES string of the molecule is O=C(C/C=N/OCc1ccc(Cl)cc1)c1ccc(OCc2ccc(Cl)cc2Cl)cc1. The van der Waals surface area contributed by atoms with E-state index in [4.69, 9.17) is 44.4 Å². The molecule has 0 aliphatic carbocycles. The predicted molar refractivity (Wildman–Crippen MR) is 121 cm³/mol. The van der Waals surface area contributed by atoms with Crippen molar-refractivity contribution in [2.75, 3.05) is 0 Å². The lowest BCUT2D eigenvalue weighted by atomic mass is 10.1. The van der Waals surface area contributed by atoms with Crippen LogP contribution in [0.15, 0.2) is 71.9 Å². The van der Waals surface area contributed by atoms with E-state index in [2.05, 4.69) is 5.16 Å². The van der Waals surface area contributed by atoms with E-state index >= 15 is 0 Å². The third-order valence-corrected chi connectivity index (χ3v) is 4.99. The zero-order chi connectivity index (χ0) is 21.3. The second-order valence-corrected chi connectivity index (χ2v) is 7.64. The van der Waals surface area contributed by atoms with Gasteiger partial charge < -0.3 is 9.57 Å². The van der Waals surface area contributed by atoms with E-state index in [1.165, 1.54) is 6.21 Å². The monoisotopic (exact) mass is 461 g/mol. The Morgan fingerprint density at radius 1 is 0.867 bits per heavy atom. The van der Waals surface area contributed by atoms with Gasteiger partial charge in [-0.2, -0.15) is 0 Å². The molecule has 154 valence electrons. The number of ketones is 1. The lowest BCUT2D eigenvalue weighted by Crippen LogP contribution is -2.01. The van der Waals surface area contributed by atoms with Crippen LogP contribution in [-0.2, 0) is 18.1 Å². The average Bonchev–Trinajstić information content (AvgIpc) is 2.74. The number of hydrogen-bond acceptors (Lipinski definition) is 4. The van der Waals surface area contributed by atoms with Crippen molar-refractivity contribution in [1.82, 2.24) is 0 Å². The van der Waals surface area contributed by atoms with Crippen LogP contribution >= 0.6 is 34.8 Å². The molecule has 0 aliphatic heterocycles. The van der Waals surface area contributed by atoms with Gasteiger partial charge in [-0.1, -0.05) is 58.2 Å². The number of rotatable bonds is 9. The first-order valence-corrected chi connectivity index (χ1v) is 10.2. The van der Waals surface area contributed by atoms with Gasteiger partial charge in [-0.15, -0.1) is 0 Å². The first kappa shape index (κ1) is 22.2. The van der Waals surface area contributed by atoms with E-state index in [9.17, 15) is 4.79 Å². The molecule has 0 bridgehead atoms. The highest BCUT2D eigenvalue weighted by atomic mass is 35.5. The zero-order valence-corrected chi connectivity index (χ0v) is 18.1. The quantitative estimate of drug-likeness (QED) is 0.195. The first-order valence-electron chi connectivity index (χ1n) is 9.09. The molecule has 4 nitrogen and oxygen atoms in total. The fourth-order valence-corrected chi connectivity index (χ4v) is 3.11. The third kappa shape index (κ3) is 6.77. The molecular formula is C23H18Cl3NO3. The van der Waals surface area contributed by atoms with Crippen molar-refractivity contribution in [1.29, 1.82) is 0 Å². The maximum absolute atomic E-state index is 12.3. The van der Waals surface area contributed by atoms with Gasteiger partial charge in [-0.25, -0.2) is 0 Å². The molecular weight excluding hydrogens is 445 g/mol. The van der Waals surface area contributed by atoms with Crippen LogP contribution in [0.2, 0.25) is 15.1 Å². The number of oxime groups is 1. The number of ether oxygens (including phenoxy) is 1. The summed E-state index contributed by atoms with van der Waals surface area (Å²) >= 11 is 17.9. The second-order valence-electron chi connectivity index (χ2n) is 6.36. The molecule has 0 saturated carbocycles. The average molecular weight is 463 g/mol. The second kappa shape index (κ2) is 11.0. The molecule has 0 atom stereocenters. The molecule has 0 amide bonds. The van der Waals surface area contributed by atoms with Crippen molar-refractivity contribution < 1.29 is 14.4 Å². The number of hydrogen-bond donors (Lipinski definition) is 0. The highest BCUT2D eigenvalue weighted by molar-refractivity contribution is 6.35. The minimum atomic E-state index is -0.0684. The van der Waals surface area contributed by atoms with Crippen molar-refractivity contribution in [2.45, 2.75) is 19.6 Å². The predicted octanol–water partition coefficient (Wildman–Crippen LogP) is 7.00. The molecule has 0 radical (unpaired) electrons. The van der Waals surface area contributed by atoms with E-state index in [0.29, 0.717) is 39.6 Å². The van der Waals surface area contributed by atoms with Crippen molar-refractivity contribution in [3.05, 3.63) is 98.5 Å². The molecule has 3 aromatic carbocycles. The highest BCUT2D eigenvalue weighted by Gasteiger charge is 2.06. The number of benzene rings is 3. The third-order valence-electron chi connectivity index (χ3n) is 4.16. The van der Waals surface area contributed by atoms with Gasteiger partial charge in [0.1, 0.15) is 19.0 Å². The van der Waals surface area contributed by atoms with E-state index in [-0.39, 0.29) is 12.2 Å². The lowest BCUT2D eigenvalue weighted by molar-refractivity contribution is 0.0996. The summed E-state index contributed by atoms with van der Waals surface area (Å²) in [5.74, 6) is 0.568. The smallest absolute Gasteiger partial charge is 0.168 e. The molecule has 0 N–H and O–H groups in total. The summed E-state index contributed by atoms with van der Waals surface area (Å²) < 4.78 is 5.72. The summed E-state index contributed by atoms with van der Waals surface area (Å²) in [5, 5.41) is 5.61. The number of carbonyl (C=O) groups excluding carboxylic acids is 1. The van der Waals surface area contributed by atoms with Gasteiger partial charge in [0.05, 0.1) is 6.21 Å². The van der Waals surface area contributed by atoms with Crippen LogP contribution in [-0.4, -0.2) is 12.0 Å². The van der Waals surface area contributed by atoms with E-state index < -0.39 is 0 Å². The molecule has 7 heteroatoms. The van der Waals surface area contributed by atoms with E-state index in [1.807, 2.05) is 18.2 Å². The number of carbonyl (C=O) groups is 1. The van der Waals surface area contributed by atoms with Crippen molar-refractivity contribution in [2.24, 2.45) is 5.16 Å². The molecule has 0 heterocycles. The Hall–Kier alpha value is -2.53. The van der Waals surface area contributed by atoms with Crippen LogP contribution in [0.1, 0.15) is 27.9 Å². The number of Topliss-reactive ketones (excluding diaryl/α,β-unsaturated/α-hetero) is 1. The van der Waals surface area contributed by atoms with Gasteiger partial charge in [0.25, 0.3) is 0 Å². The number of nitrogens with zero attached hydrogens (tertiary/aromatic N) is 1. The van der Waals surface area contributed by atoms with Gasteiger partial charge in [0.15, 0.2) is 5.78 Å². The summed E-state index contributed by atoms with van der Waals surface area (Å²) in [6.45, 7) is 0.618. The molecule has 0 saturated heterocycles. The Morgan fingerprint density at radius 3 is 2.27 bits per heavy atom. The Kier molecular flexibility index (Phi) is 8.14. The summed E-state index contributed by atoms with van der Waals surface area (Å²) in [4.78, 5) is 17.4. The van der Waals surface area contributed by atoms with Gasteiger partial charge in [-0.05, 0) is 54.1 Å². The molecule has 0 spiro atoms. The van der Waals surface area contributed by atoms with Crippen LogP contribution < -0.4 is 4.74 Å². The maximum Gasteiger partial charge on any atom is 0.168 e. The molecule has 0 aromatic heterocycles. The van der Waals surface area contributed by atoms with Gasteiger partial charge >= 0.3 is 0 Å². The van der Waals surface area contributed by atoms with Gasteiger partial charge in [0.2, 0.25) is 0 Å². The van der Waals surface area contributed by atoms with Crippen LogP contribution in [0.3, 0.4) is 0 Å². The van der Waals surface area contributed by atoms with Gasteiger partial charge in [-0.3, -0.25) is 4.79 Å². The van der Waals surface area contributed by atoms with E-state index in [1.54, 1.807) is 48.5 Å². The molecule has 0 unspecified atom stereocenters. The summed E-state index contributed by atoms with van der Waals surface area (Å²) in [6.07, 6.45) is 1.59. The lowest BCUT2D eigenvalue weighted by Gasteiger charge is -2.08. The zero-order valence-electron chi connectivity index (χ0n) is 15.9. The minimum absolute atomic E-state index is 0.0684. The first-order chi connectivity index (χ1) is 14.5. The summed E-state index contributed by atoms with van der Waals surface area (Å²) in [7, 11) is 0. The topological polar surface area (TPSA) is 47.9 Å². The van der Waals surface area contributed by atoms with Crippen LogP contribution in [0.4, 0.5) is 0 Å². The molecule has 3 aromatic rings. The van der Waals surface area contributed by atoms with Crippen LogP contribution in [0.5, 0.6) is 5.75 Å². The molecule has 0 aliphatic rings. The van der Waals surface area contributed by atoms with E-state index in [0.717, 1.165) is 11.1 Å². The van der Waals surface area contributed by atoms with Crippen LogP contribution in [0, 0.1) is 0 Å². The summed E-state index contributed by atoms with van der Waals surface area (Å²) in [5.41, 5.74) is 2.34. The van der Waals surface area contributed by atoms with Crippen molar-refractivity contribution in [3.8, 4) is 5.75 Å². The molecule has 0 fully saturated rings. The Labute approximate surface area is 190 Å². The summed E-state index contributed by atoms with van der Waals surface area (Å²) in [6, 6.07) is 19.4. The van der Waals surface area contributed by atoms with Crippen molar-refractivity contribution in [3.63, 3.8) is 0 Å². The van der Waals surface area contributed by atoms with Crippen molar-refractivity contribution >= 4 is 46.8 Å². The normalized spacial score (nSPS) is 10.9. The molecule has 3 rings (SSSR count). The largest absolute Gasteiger partial charge is 0.489 e. The fourth-order valence-electron chi connectivity index (χ4n) is 2.52. The van der Waals surface area contributed by atoms with Gasteiger partial charge in [0, 0.05) is 32.6 Å².